The van der Waals surface area contributed by atoms with Crippen molar-refractivity contribution in [1.29, 1.82) is 5.26 Å². The van der Waals surface area contributed by atoms with E-state index in [0.717, 1.165) is 17.0 Å². The van der Waals surface area contributed by atoms with Crippen LogP contribution in [0.4, 0.5) is 5.69 Å². The summed E-state index contributed by atoms with van der Waals surface area (Å²) in [5.74, 6) is 1.46. The van der Waals surface area contributed by atoms with Gasteiger partial charge in [-0.15, -0.1) is 11.3 Å². The second kappa shape index (κ2) is 8.83. The standard InChI is InChI=1S/C20H18N4O2S/c1-3-26-15-10-8-14(9-11-15)18-13-27-20(22-18)17(12-21)24-23-16-6-4-5-7-19(16)25-2/h4-11,13,23H,3H2,1-2H3/b24-17+. The predicted molar refractivity (Wildman–Crippen MR) is 107 cm³/mol. The predicted octanol–water partition coefficient (Wildman–Crippen LogP) is 4.56. The van der Waals surface area contributed by atoms with Gasteiger partial charge in [0.05, 0.1) is 25.1 Å². The second-order valence-electron chi connectivity index (χ2n) is 5.38. The maximum Gasteiger partial charge on any atom is 0.196 e. The van der Waals surface area contributed by atoms with Crippen molar-refractivity contribution >= 4 is 22.7 Å². The van der Waals surface area contributed by atoms with E-state index in [0.29, 0.717) is 23.1 Å². The van der Waals surface area contributed by atoms with E-state index in [1.54, 1.807) is 7.11 Å². The molecule has 0 radical (unpaired) electrons. The number of ether oxygens (including phenoxy) is 2. The molecule has 0 atom stereocenters. The average molecular weight is 378 g/mol. The van der Waals surface area contributed by atoms with Gasteiger partial charge in [-0.05, 0) is 43.3 Å². The first-order valence-electron chi connectivity index (χ1n) is 8.31. The van der Waals surface area contributed by atoms with Gasteiger partial charge in [0, 0.05) is 10.9 Å². The summed E-state index contributed by atoms with van der Waals surface area (Å²) in [5.41, 5.74) is 5.51. The number of rotatable bonds is 7. The Bertz CT molecular complexity index is 974. The molecule has 0 spiro atoms. The number of methoxy groups -OCH3 is 1. The van der Waals surface area contributed by atoms with Crippen LogP contribution in [0.2, 0.25) is 0 Å². The maximum atomic E-state index is 9.46. The summed E-state index contributed by atoms with van der Waals surface area (Å²) in [7, 11) is 1.58. The lowest BCUT2D eigenvalue weighted by Gasteiger charge is -2.06. The van der Waals surface area contributed by atoms with Crippen molar-refractivity contribution in [3.8, 4) is 28.8 Å². The largest absolute Gasteiger partial charge is 0.495 e. The third-order valence-electron chi connectivity index (χ3n) is 3.67. The highest BCUT2D eigenvalue weighted by atomic mass is 32.1. The minimum absolute atomic E-state index is 0.211. The fourth-order valence-electron chi connectivity index (χ4n) is 2.38. The lowest BCUT2D eigenvalue weighted by molar-refractivity contribution is 0.340. The highest BCUT2D eigenvalue weighted by Gasteiger charge is 2.11. The molecule has 3 rings (SSSR count). The Labute approximate surface area is 161 Å². The van der Waals surface area contributed by atoms with Crippen molar-refractivity contribution < 1.29 is 9.47 Å². The Morgan fingerprint density at radius 1 is 1.22 bits per heavy atom. The van der Waals surface area contributed by atoms with Crippen LogP contribution in [0.3, 0.4) is 0 Å². The molecule has 2 aromatic carbocycles. The first-order chi connectivity index (χ1) is 13.2. The number of nitrogens with one attached hydrogen (secondary N) is 1. The molecule has 0 aliphatic heterocycles. The molecule has 1 N–H and O–H groups in total. The zero-order valence-electron chi connectivity index (χ0n) is 15.0. The maximum absolute atomic E-state index is 9.46. The normalized spacial score (nSPS) is 10.9. The molecule has 7 heteroatoms. The molecule has 1 heterocycles. The number of nitriles is 1. The number of benzene rings is 2. The van der Waals surface area contributed by atoms with Gasteiger partial charge in [-0.3, -0.25) is 5.43 Å². The third-order valence-corrected chi connectivity index (χ3v) is 4.52. The van der Waals surface area contributed by atoms with E-state index in [4.69, 9.17) is 9.47 Å². The third kappa shape index (κ3) is 4.43. The Morgan fingerprint density at radius 2 is 2.00 bits per heavy atom. The zero-order valence-corrected chi connectivity index (χ0v) is 15.8. The van der Waals surface area contributed by atoms with Crippen LogP contribution in [0.1, 0.15) is 11.9 Å². The van der Waals surface area contributed by atoms with Crippen LogP contribution in [-0.2, 0) is 0 Å². The molecule has 0 unspecified atom stereocenters. The molecule has 0 aliphatic carbocycles. The number of para-hydroxylation sites is 2. The number of nitrogens with zero attached hydrogens (tertiary/aromatic N) is 3. The molecule has 3 aromatic rings. The van der Waals surface area contributed by atoms with E-state index >= 15 is 0 Å². The Hall–Kier alpha value is -3.37. The van der Waals surface area contributed by atoms with Crippen molar-refractivity contribution in [3.05, 3.63) is 58.9 Å². The number of aromatic nitrogens is 1. The van der Waals surface area contributed by atoms with Gasteiger partial charge in [0.1, 0.15) is 17.6 Å². The molecule has 6 nitrogen and oxygen atoms in total. The first kappa shape index (κ1) is 18.4. The minimum atomic E-state index is 0.211. The quantitative estimate of drug-likeness (QED) is 0.482. The highest BCUT2D eigenvalue weighted by Crippen LogP contribution is 2.26. The number of hydrogen-bond acceptors (Lipinski definition) is 7. The molecular weight excluding hydrogens is 360 g/mol. The van der Waals surface area contributed by atoms with Gasteiger partial charge < -0.3 is 9.47 Å². The molecule has 0 saturated heterocycles. The molecular formula is C20H18N4O2S. The summed E-state index contributed by atoms with van der Waals surface area (Å²) in [6.07, 6.45) is 0. The highest BCUT2D eigenvalue weighted by molar-refractivity contribution is 7.12. The van der Waals surface area contributed by atoms with Gasteiger partial charge in [-0.2, -0.15) is 10.4 Å². The summed E-state index contributed by atoms with van der Waals surface area (Å²) in [6.45, 7) is 2.57. The fourth-order valence-corrected chi connectivity index (χ4v) is 3.14. The Morgan fingerprint density at radius 3 is 2.70 bits per heavy atom. The van der Waals surface area contributed by atoms with Crippen LogP contribution in [-0.4, -0.2) is 24.4 Å². The van der Waals surface area contributed by atoms with Crippen LogP contribution >= 0.6 is 11.3 Å². The van der Waals surface area contributed by atoms with E-state index in [2.05, 4.69) is 21.6 Å². The SMILES string of the molecule is CCOc1ccc(-c2csc(/C(C#N)=N/Nc3ccccc3OC)n2)cc1. The topological polar surface area (TPSA) is 79.5 Å². The summed E-state index contributed by atoms with van der Waals surface area (Å²) in [6, 6.07) is 17.2. The number of hydrogen-bond donors (Lipinski definition) is 1. The van der Waals surface area contributed by atoms with Gasteiger partial charge in [0.2, 0.25) is 0 Å². The van der Waals surface area contributed by atoms with Crippen LogP contribution in [0, 0.1) is 11.3 Å². The molecule has 0 aliphatic rings. The summed E-state index contributed by atoms with van der Waals surface area (Å²) < 4.78 is 10.7. The summed E-state index contributed by atoms with van der Waals surface area (Å²) in [4.78, 5) is 4.54. The van der Waals surface area contributed by atoms with E-state index in [1.165, 1.54) is 11.3 Å². The number of thiazole rings is 1. The minimum Gasteiger partial charge on any atom is -0.495 e. The summed E-state index contributed by atoms with van der Waals surface area (Å²) >= 11 is 1.37. The van der Waals surface area contributed by atoms with Crippen LogP contribution < -0.4 is 14.9 Å². The van der Waals surface area contributed by atoms with Gasteiger partial charge >= 0.3 is 0 Å². The first-order valence-corrected chi connectivity index (χ1v) is 9.19. The Balaban J connectivity index is 1.80. The van der Waals surface area contributed by atoms with Gasteiger partial charge in [0.25, 0.3) is 0 Å². The van der Waals surface area contributed by atoms with E-state index < -0.39 is 0 Å². The molecule has 1 aromatic heterocycles. The average Bonchev–Trinajstić information content (AvgIpc) is 3.19. The van der Waals surface area contributed by atoms with E-state index in [-0.39, 0.29) is 5.71 Å². The molecule has 0 saturated carbocycles. The molecule has 0 fully saturated rings. The number of hydrazone groups is 1. The van der Waals surface area contributed by atoms with E-state index in [1.807, 2.05) is 60.8 Å². The van der Waals surface area contributed by atoms with Gasteiger partial charge in [0.15, 0.2) is 10.7 Å². The van der Waals surface area contributed by atoms with Crippen LogP contribution in [0.5, 0.6) is 11.5 Å². The lowest BCUT2D eigenvalue weighted by Crippen LogP contribution is -2.02. The summed E-state index contributed by atoms with van der Waals surface area (Å²) in [5, 5.41) is 16.1. The molecule has 27 heavy (non-hydrogen) atoms. The monoisotopic (exact) mass is 378 g/mol. The van der Waals surface area contributed by atoms with Crippen molar-refractivity contribution in [1.82, 2.24) is 4.98 Å². The van der Waals surface area contributed by atoms with Crippen molar-refractivity contribution in [2.75, 3.05) is 19.1 Å². The van der Waals surface area contributed by atoms with Gasteiger partial charge in [-0.25, -0.2) is 4.98 Å². The van der Waals surface area contributed by atoms with Crippen LogP contribution in [0.15, 0.2) is 59.0 Å². The number of anilines is 1. The molecule has 0 amide bonds. The van der Waals surface area contributed by atoms with Gasteiger partial charge in [-0.1, -0.05) is 12.1 Å². The van der Waals surface area contributed by atoms with Crippen LogP contribution in [0.25, 0.3) is 11.3 Å². The fraction of sp³-hybridized carbons (Fsp3) is 0.150. The van der Waals surface area contributed by atoms with Crippen molar-refractivity contribution in [2.45, 2.75) is 6.92 Å². The lowest BCUT2D eigenvalue weighted by atomic mass is 10.2. The van der Waals surface area contributed by atoms with Crippen molar-refractivity contribution in [2.24, 2.45) is 5.10 Å². The molecule has 136 valence electrons. The zero-order chi connectivity index (χ0) is 19.1. The van der Waals surface area contributed by atoms with Crippen molar-refractivity contribution in [3.63, 3.8) is 0 Å². The Kier molecular flexibility index (Phi) is 6.02. The molecule has 0 bridgehead atoms. The van der Waals surface area contributed by atoms with E-state index in [9.17, 15) is 5.26 Å². The second-order valence-corrected chi connectivity index (χ2v) is 6.24. The smallest absolute Gasteiger partial charge is 0.196 e.